The van der Waals surface area contributed by atoms with E-state index in [0.29, 0.717) is 17.2 Å². The fourth-order valence-corrected chi connectivity index (χ4v) is 4.02. The minimum absolute atomic E-state index is 0.0110. The largest absolute Gasteiger partial charge is 0.382 e. The number of likely N-dealkylation sites (tertiary alicyclic amines) is 1. The molecular weight excluding hydrogens is 318 g/mol. The van der Waals surface area contributed by atoms with Crippen molar-refractivity contribution in [2.24, 2.45) is 0 Å². The number of Topliss-reactive ketones (excluding diaryl/α,β-unsaturated/α-hetero) is 1. The van der Waals surface area contributed by atoms with E-state index >= 15 is 0 Å². The van der Waals surface area contributed by atoms with Crippen LogP contribution in [0.1, 0.15) is 46.6 Å². The Hall–Kier alpha value is -2.16. The van der Waals surface area contributed by atoms with E-state index in [1.54, 1.807) is 36.5 Å². The molecule has 1 aromatic heterocycles. The van der Waals surface area contributed by atoms with Crippen molar-refractivity contribution >= 4 is 22.8 Å². The highest BCUT2D eigenvalue weighted by Crippen LogP contribution is 2.29. The molecule has 1 atom stereocenters. The minimum atomic E-state index is 0.0110. The molecular formula is C19H21N3OS. The van der Waals surface area contributed by atoms with Crippen molar-refractivity contribution in [3.8, 4) is 6.07 Å². The molecule has 24 heavy (non-hydrogen) atoms. The molecule has 1 fully saturated rings. The number of ketones is 1. The lowest BCUT2D eigenvalue weighted by atomic mass is 10.1. The molecule has 0 amide bonds. The summed E-state index contributed by atoms with van der Waals surface area (Å²) in [6.07, 6.45) is 2.48. The quantitative estimate of drug-likeness (QED) is 0.806. The van der Waals surface area contributed by atoms with Crippen LogP contribution in [-0.2, 0) is 0 Å². The first kappa shape index (κ1) is 16.7. The second-order valence-electron chi connectivity index (χ2n) is 6.08. The van der Waals surface area contributed by atoms with E-state index in [2.05, 4.69) is 33.8 Å². The van der Waals surface area contributed by atoms with Gasteiger partial charge in [0.05, 0.1) is 17.3 Å². The number of hydrogen-bond donors (Lipinski definition) is 1. The number of anilines is 1. The average molecular weight is 339 g/mol. The van der Waals surface area contributed by atoms with E-state index in [-0.39, 0.29) is 5.78 Å². The van der Waals surface area contributed by atoms with Crippen molar-refractivity contribution in [3.63, 3.8) is 0 Å². The molecule has 1 aliphatic rings. The van der Waals surface area contributed by atoms with Crippen molar-refractivity contribution in [1.29, 1.82) is 5.26 Å². The van der Waals surface area contributed by atoms with Crippen LogP contribution in [0.15, 0.2) is 35.7 Å². The van der Waals surface area contributed by atoms with Gasteiger partial charge in [0, 0.05) is 17.0 Å². The van der Waals surface area contributed by atoms with Gasteiger partial charge in [0.2, 0.25) is 0 Å². The van der Waals surface area contributed by atoms with Gasteiger partial charge in [-0.05, 0) is 62.5 Å². The lowest BCUT2D eigenvalue weighted by Gasteiger charge is -2.27. The maximum Gasteiger partial charge on any atom is 0.159 e. The number of nitrogens with one attached hydrogen (secondary N) is 1. The number of carbonyl (C=O) groups is 1. The van der Waals surface area contributed by atoms with Crippen LogP contribution in [0.3, 0.4) is 0 Å². The summed E-state index contributed by atoms with van der Waals surface area (Å²) in [5.41, 5.74) is 1.95. The molecule has 1 N–H and O–H groups in total. The molecule has 2 aromatic rings. The predicted octanol–water partition coefficient (Wildman–Crippen LogP) is 4.07. The van der Waals surface area contributed by atoms with Gasteiger partial charge in [0.15, 0.2) is 5.78 Å². The molecule has 0 aliphatic carbocycles. The normalized spacial score (nSPS) is 15.8. The molecule has 2 heterocycles. The Morgan fingerprint density at radius 3 is 2.79 bits per heavy atom. The van der Waals surface area contributed by atoms with Gasteiger partial charge >= 0.3 is 0 Å². The Labute approximate surface area is 146 Å². The first-order valence-corrected chi connectivity index (χ1v) is 9.13. The van der Waals surface area contributed by atoms with Crippen LogP contribution >= 0.6 is 11.3 Å². The Morgan fingerprint density at radius 2 is 2.17 bits per heavy atom. The Morgan fingerprint density at radius 1 is 1.38 bits per heavy atom. The van der Waals surface area contributed by atoms with Gasteiger partial charge in [-0.3, -0.25) is 9.69 Å². The van der Waals surface area contributed by atoms with E-state index in [1.807, 2.05) is 0 Å². The fourth-order valence-electron chi connectivity index (χ4n) is 3.16. The molecule has 1 saturated heterocycles. The second kappa shape index (κ2) is 7.61. The second-order valence-corrected chi connectivity index (χ2v) is 7.06. The van der Waals surface area contributed by atoms with E-state index in [4.69, 9.17) is 0 Å². The maximum absolute atomic E-state index is 11.6. The van der Waals surface area contributed by atoms with Crippen LogP contribution in [0.2, 0.25) is 0 Å². The van der Waals surface area contributed by atoms with Crippen LogP contribution < -0.4 is 5.32 Å². The van der Waals surface area contributed by atoms with Gasteiger partial charge in [0.25, 0.3) is 0 Å². The molecule has 0 radical (unpaired) electrons. The van der Waals surface area contributed by atoms with Crippen LogP contribution in [0, 0.1) is 11.3 Å². The minimum Gasteiger partial charge on any atom is -0.382 e. The molecule has 1 unspecified atom stereocenters. The lowest BCUT2D eigenvalue weighted by Crippen LogP contribution is -2.30. The number of hydrogen-bond acceptors (Lipinski definition) is 5. The summed E-state index contributed by atoms with van der Waals surface area (Å²) in [7, 11) is 0. The Balaban J connectivity index is 1.80. The van der Waals surface area contributed by atoms with Crippen molar-refractivity contribution in [2.45, 2.75) is 25.8 Å². The highest BCUT2D eigenvalue weighted by atomic mass is 32.1. The average Bonchev–Trinajstić information content (AvgIpc) is 3.29. The number of carbonyl (C=O) groups excluding carboxylic acids is 1. The fraction of sp³-hybridized carbons (Fsp3) is 0.368. The van der Waals surface area contributed by atoms with E-state index < -0.39 is 0 Å². The number of thiophene rings is 1. The highest BCUT2D eigenvalue weighted by molar-refractivity contribution is 7.10. The maximum atomic E-state index is 11.6. The van der Waals surface area contributed by atoms with Gasteiger partial charge in [-0.1, -0.05) is 6.07 Å². The first-order valence-electron chi connectivity index (χ1n) is 8.25. The van der Waals surface area contributed by atoms with Crippen LogP contribution in [0.5, 0.6) is 0 Å². The number of nitrogens with zero attached hydrogens (tertiary/aromatic N) is 2. The number of benzene rings is 1. The van der Waals surface area contributed by atoms with E-state index in [0.717, 1.165) is 25.3 Å². The smallest absolute Gasteiger partial charge is 0.159 e. The number of rotatable bonds is 6. The zero-order valence-electron chi connectivity index (χ0n) is 13.8. The zero-order valence-corrected chi connectivity index (χ0v) is 14.6. The standard InChI is InChI=1S/C19H21N3OS/c1-14(23)15-6-7-16(12-20)17(11-15)21-13-18(19-5-4-10-24-19)22-8-2-3-9-22/h4-7,10-11,18,21H,2-3,8-9,13H2,1H3. The summed E-state index contributed by atoms with van der Waals surface area (Å²) in [5, 5.41) is 14.8. The van der Waals surface area contributed by atoms with Crippen molar-refractivity contribution in [3.05, 3.63) is 51.7 Å². The topological polar surface area (TPSA) is 56.1 Å². The van der Waals surface area contributed by atoms with Crippen molar-refractivity contribution in [2.75, 3.05) is 25.0 Å². The third kappa shape index (κ3) is 3.66. The Kier molecular flexibility index (Phi) is 5.29. The monoisotopic (exact) mass is 339 g/mol. The van der Waals surface area contributed by atoms with Crippen LogP contribution in [-0.4, -0.2) is 30.3 Å². The molecule has 3 rings (SSSR count). The van der Waals surface area contributed by atoms with Gasteiger partial charge in [-0.25, -0.2) is 0 Å². The summed E-state index contributed by atoms with van der Waals surface area (Å²) in [5.74, 6) is 0.0110. The summed E-state index contributed by atoms with van der Waals surface area (Å²) in [6, 6.07) is 12.0. The van der Waals surface area contributed by atoms with Crippen LogP contribution in [0.4, 0.5) is 5.69 Å². The van der Waals surface area contributed by atoms with Gasteiger partial charge in [-0.2, -0.15) is 5.26 Å². The zero-order chi connectivity index (χ0) is 16.9. The third-order valence-electron chi connectivity index (χ3n) is 4.49. The SMILES string of the molecule is CC(=O)c1ccc(C#N)c(NCC(c2cccs2)N2CCCC2)c1. The first-order chi connectivity index (χ1) is 11.7. The summed E-state index contributed by atoms with van der Waals surface area (Å²) in [6.45, 7) is 4.51. The lowest BCUT2D eigenvalue weighted by molar-refractivity contribution is 0.101. The highest BCUT2D eigenvalue weighted by Gasteiger charge is 2.24. The van der Waals surface area contributed by atoms with Crippen LogP contribution in [0.25, 0.3) is 0 Å². The van der Waals surface area contributed by atoms with Gasteiger partial charge in [0.1, 0.15) is 6.07 Å². The molecule has 124 valence electrons. The number of nitriles is 1. The molecule has 0 bridgehead atoms. The third-order valence-corrected chi connectivity index (χ3v) is 5.46. The van der Waals surface area contributed by atoms with Gasteiger partial charge < -0.3 is 5.32 Å². The molecule has 5 heteroatoms. The van der Waals surface area contributed by atoms with Crippen molar-refractivity contribution < 1.29 is 4.79 Å². The summed E-state index contributed by atoms with van der Waals surface area (Å²) >= 11 is 1.77. The van der Waals surface area contributed by atoms with Gasteiger partial charge in [-0.15, -0.1) is 11.3 Å². The molecule has 0 saturated carbocycles. The van der Waals surface area contributed by atoms with E-state index in [1.165, 1.54) is 17.7 Å². The van der Waals surface area contributed by atoms with E-state index in [9.17, 15) is 10.1 Å². The molecule has 1 aromatic carbocycles. The molecule has 0 spiro atoms. The molecule has 4 nitrogen and oxygen atoms in total. The summed E-state index contributed by atoms with van der Waals surface area (Å²) in [4.78, 5) is 15.5. The summed E-state index contributed by atoms with van der Waals surface area (Å²) < 4.78 is 0. The molecule has 1 aliphatic heterocycles. The predicted molar refractivity (Wildman–Crippen MR) is 97.5 cm³/mol. The Bertz CT molecular complexity index is 742. The van der Waals surface area contributed by atoms with Crippen molar-refractivity contribution in [1.82, 2.24) is 4.90 Å².